The first-order valence-corrected chi connectivity index (χ1v) is 7.13. The first-order chi connectivity index (χ1) is 6.58. The third kappa shape index (κ3) is 5.80. The van der Waals surface area contributed by atoms with Gasteiger partial charge in [0.05, 0.1) is 12.4 Å². The average molecular weight is 243 g/mol. The van der Waals surface area contributed by atoms with E-state index in [1.54, 1.807) is 0 Å². The molecule has 1 heterocycles. The van der Waals surface area contributed by atoms with Crippen LogP contribution in [-0.2, 0) is 18.5 Å². The molecule has 0 saturated carbocycles. The van der Waals surface area contributed by atoms with E-state index in [0.717, 1.165) is 26.1 Å². The van der Waals surface area contributed by atoms with Crippen molar-refractivity contribution in [2.24, 2.45) is 5.92 Å². The molecule has 0 atom stereocenters. The van der Waals surface area contributed by atoms with Crippen molar-refractivity contribution in [3.8, 4) is 0 Å². The number of halogens is 1. The van der Waals surface area contributed by atoms with Gasteiger partial charge in [-0.25, -0.2) is 8.42 Å². The van der Waals surface area contributed by atoms with Crippen molar-refractivity contribution in [3.05, 3.63) is 0 Å². The molecule has 1 aliphatic heterocycles. The summed E-state index contributed by atoms with van der Waals surface area (Å²) >= 11 is 0. The van der Waals surface area contributed by atoms with Crippen molar-refractivity contribution in [3.63, 3.8) is 0 Å². The third-order valence-corrected chi connectivity index (χ3v) is 3.28. The molecule has 1 rings (SSSR count). The second kappa shape index (κ2) is 5.90. The summed E-state index contributed by atoms with van der Waals surface area (Å²) in [6, 6.07) is 0. The fourth-order valence-corrected chi connectivity index (χ4v) is 1.83. The Morgan fingerprint density at radius 3 is 2.57 bits per heavy atom. The first kappa shape index (κ1) is 12.2. The Hall–Kier alpha value is 0.160. The van der Waals surface area contributed by atoms with Crippen molar-refractivity contribution in [2.45, 2.75) is 12.8 Å². The molecule has 1 aliphatic rings. The molecule has 0 spiro atoms. The molecule has 1 fully saturated rings. The molecule has 0 N–H and O–H groups in total. The largest absolute Gasteiger partial charge is 0.381 e. The molecule has 1 saturated heterocycles. The van der Waals surface area contributed by atoms with Crippen molar-refractivity contribution in [1.82, 2.24) is 0 Å². The van der Waals surface area contributed by atoms with E-state index in [9.17, 15) is 8.42 Å². The van der Waals surface area contributed by atoms with Gasteiger partial charge in [0, 0.05) is 30.5 Å². The van der Waals surface area contributed by atoms with E-state index < -0.39 is 9.05 Å². The van der Waals surface area contributed by atoms with Gasteiger partial charge in [-0.05, 0) is 18.8 Å². The van der Waals surface area contributed by atoms with Gasteiger partial charge < -0.3 is 9.47 Å². The van der Waals surface area contributed by atoms with Gasteiger partial charge in [0.25, 0.3) is 0 Å². The van der Waals surface area contributed by atoms with E-state index in [0.29, 0.717) is 12.5 Å². The van der Waals surface area contributed by atoms with Gasteiger partial charge in [0.15, 0.2) is 0 Å². The molecule has 0 bridgehead atoms. The maximum Gasteiger partial charge on any atom is 0.234 e. The number of ether oxygens (including phenoxy) is 2. The lowest BCUT2D eigenvalue weighted by atomic mass is 10.0. The molecule has 0 radical (unpaired) electrons. The highest BCUT2D eigenvalue weighted by Crippen LogP contribution is 2.14. The highest BCUT2D eigenvalue weighted by Gasteiger charge is 2.14. The second-order valence-corrected chi connectivity index (χ2v) is 6.27. The fraction of sp³-hybridized carbons (Fsp3) is 1.00. The van der Waals surface area contributed by atoms with Crippen LogP contribution in [0.25, 0.3) is 0 Å². The Labute approximate surface area is 88.9 Å². The molecule has 84 valence electrons. The maximum atomic E-state index is 10.5. The minimum absolute atomic E-state index is 0.113. The third-order valence-electron chi connectivity index (χ3n) is 2.17. The summed E-state index contributed by atoms with van der Waals surface area (Å²) in [5.41, 5.74) is 0. The molecule has 14 heavy (non-hydrogen) atoms. The topological polar surface area (TPSA) is 52.6 Å². The van der Waals surface area contributed by atoms with E-state index in [4.69, 9.17) is 20.2 Å². The van der Waals surface area contributed by atoms with Gasteiger partial charge in [0.2, 0.25) is 9.05 Å². The molecule has 0 unspecified atom stereocenters. The van der Waals surface area contributed by atoms with E-state index in [2.05, 4.69) is 0 Å². The van der Waals surface area contributed by atoms with Crippen molar-refractivity contribution < 1.29 is 17.9 Å². The smallest absolute Gasteiger partial charge is 0.234 e. The summed E-state index contributed by atoms with van der Waals surface area (Å²) in [6.45, 7) is 2.35. The fourth-order valence-electron chi connectivity index (χ4n) is 1.32. The Morgan fingerprint density at radius 2 is 2.00 bits per heavy atom. The minimum Gasteiger partial charge on any atom is -0.381 e. The SMILES string of the molecule is O=S(=O)(Cl)CCOCC1CCOCC1. The molecule has 6 heteroatoms. The maximum absolute atomic E-state index is 10.5. The predicted octanol–water partition coefficient (Wildman–Crippen LogP) is 0.998. The summed E-state index contributed by atoms with van der Waals surface area (Å²) in [7, 11) is 1.62. The van der Waals surface area contributed by atoms with Crippen molar-refractivity contribution in [2.75, 3.05) is 32.2 Å². The van der Waals surface area contributed by atoms with Crippen LogP contribution in [0, 0.1) is 5.92 Å². The highest BCUT2D eigenvalue weighted by atomic mass is 35.7. The Morgan fingerprint density at radius 1 is 1.36 bits per heavy atom. The van der Waals surface area contributed by atoms with Crippen LogP contribution in [0.2, 0.25) is 0 Å². The Bertz CT molecular complexity index is 246. The molecule has 4 nitrogen and oxygen atoms in total. The zero-order valence-corrected chi connectivity index (χ0v) is 9.52. The van der Waals surface area contributed by atoms with Crippen LogP contribution in [0.1, 0.15) is 12.8 Å². The van der Waals surface area contributed by atoms with E-state index in [1.165, 1.54) is 0 Å². The minimum atomic E-state index is -3.40. The van der Waals surface area contributed by atoms with Crippen LogP contribution < -0.4 is 0 Å². The van der Waals surface area contributed by atoms with Crippen molar-refractivity contribution >= 4 is 19.7 Å². The summed E-state index contributed by atoms with van der Waals surface area (Å²) < 4.78 is 31.5. The number of rotatable bonds is 5. The molecule has 0 amide bonds. The van der Waals surface area contributed by atoms with Crippen LogP contribution in [-0.4, -0.2) is 40.6 Å². The highest BCUT2D eigenvalue weighted by molar-refractivity contribution is 8.13. The molecule has 0 aromatic rings. The lowest BCUT2D eigenvalue weighted by molar-refractivity contribution is 0.0242. The molecule has 0 aliphatic carbocycles. The van der Waals surface area contributed by atoms with Gasteiger partial charge in [-0.1, -0.05) is 0 Å². The van der Waals surface area contributed by atoms with Crippen LogP contribution in [0.4, 0.5) is 0 Å². The molecule has 0 aromatic heterocycles. The van der Waals surface area contributed by atoms with Gasteiger partial charge in [-0.2, -0.15) is 0 Å². The van der Waals surface area contributed by atoms with E-state index >= 15 is 0 Å². The lowest BCUT2D eigenvalue weighted by Crippen LogP contribution is -2.21. The molecule has 0 aromatic carbocycles. The Kier molecular flexibility index (Phi) is 5.15. The van der Waals surface area contributed by atoms with E-state index in [-0.39, 0.29) is 12.4 Å². The zero-order valence-electron chi connectivity index (χ0n) is 7.95. The zero-order chi connectivity index (χ0) is 10.4. The lowest BCUT2D eigenvalue weighted by Gasteiger charge is -2.21. The molecular formula is C8H15ClO4S. The van der Waals surface area contributed by atoms with Gasteiger partial charge in [-0.3, -0.25) is 0 Å². The van der Waals surface area contributed by atoms with Crippen molar-refractivity contribution in [1.29, 1.82) is 0 Å². The first-order valence-electron chi connectivity index (χ1n) is 4.66. The average Bonchev–Trinajstić information content (AvgIpc) is 2.13. The summed E-state index contributed by atoms with van der Waals surface area (Å²) in [5, 5.41) is 0. The van der Waals surface area contributed by atoms with Gasteiger partial charge in [-0.15, -0.1) is 0 Å². The Balaban J connectivity index is 2.03. The summed E-state index contributed by atoms with van der Waals surface area (Å²) in [6.07, 6.45) is 1.99. The van der Waals surface area contributed by atoms with Crippen LogP contribution in [0.5, 0.6) is 0 Å². The van der Waals surface area contributed by atoms with Crippen LogP contribution in [0.3, 0.4) is 0 Å². The van der Waals surface area contributed by atoms with Crippen LogP contribution in [0.15, 0.2) is 0 Å². The second-order valence-electron chi connectivity index (χ2n) is 3.37. The summed E-state index contributed by atoms with van der Waals surface area (Å²) in [5.74, 6) is 0.388. The molecular weight excluding hydrogens is 228 g/mol. The quantitative estimate of drug-likeness (QED) is 0.533. The monoisotopic (exact) mass is 242 g/mol. The predicted molar refractivity (Wildman–Crippen MR) is 54.0 cm³/mol. The standard InChI is InChI=1S/C8H15ClO4S/c9-14(10,11)6-5-13-7-8-1-3-12-4-2-8/h8H,1-7H2. The van der Waals surface area contributed by atoms with Gasteiger partial charge in [0.1, 0.15) is 0 Å². The van der Waals surface area contributed by atoms with E-state index in [1.807, 2.05) is 0 Å². The number of hydrogen-bond donors (Lipinski definition) is 0. The number of hydrogen-bond acceptors (Lipinski definition) is 4. The summed E-state index contributed by atoms with van der Waals surface area (Å²) in [4.78, 5) is 0. The normalized spacial score (nSPS) is 19.8. The van der Waals surface area contributed by atoms with Gasteiger partial charge >= 0.3 is 0 Å². The van der Waals surface area contributed by atoms with Crippen LogP contribution >= 0.6 is 10.7 Å².